The first-order chi connectivity index (χ1) is 4.92. The smallest absolute Gasteiger partial charge is 0.256 e. The van der Waals surface area contributed by atoms with Crippen molar-refractivity contribution in [1.29, 1.82) is 0 Å². The van der Waals surface area contributed by atoms with E-state index in [1.165, 1.54) is 0 Å². The van der Waals surface area contributed by atoms with Crippen molar-refractivity contribution in [3.05, 3.63) is 0 Å². The molecule has 1 N–H and O–H groups in total. The molecule has 0 heterocycles. The molecule has 0 saturated heterocycles. The van der Waals surface area contributed by atoms with Crippen molar-refractivity contribution in [1.82, 2.24) is 5.32 Å². The largest absolute Gasteiger partial charge is 0.310 e. The van der Waals surface area contributed by atoms with Crippen LogP contribution in [0.15, 0.2) is 0 Å². The maximum atomic E-state index is 12.4. The Morgan fingerprint density at radius 3 is 1.91 bits per heavy atom. The SMILES string of the molecule is CNC(C)(CC(C)C)C(F)F. The topological polar surface area (TPSA) is 12.0 Å². The van der Waals surface area contributed by atoms with Crippen LogP contribution in [0.1, 0.15) is 27.2 Å². The number of hydrogen-bond acceptors (Lipinski definition) is 1. The molecular weight excluding hydrogens is 148 g/mol. The third-order valence-electron chi connectivity index (χ3n) is 1.89. The van der Waals surface area contributed by atoms with Crippen molar-refractivity contribution < 1.29 is 8.78 Å². The summed E-state index contributed by atoms with van der Waals surface area (Å²) in [5, 5.41) is 2.66. The highest BCUT2D eigenvalue weighted by Gasteiger charge is 2.33. The summed E-state index contributed by atoms with van der Waals surface area (Å²) in [6, 6.07) is 0. The zero-order chi connectivity index (χ0) is 9.07. The van der Waals surface area contributed by atoms with Crippen molar-refractivity contribution in [2.24, 2.45) is 5.92 Å². The van der Waals surface area contributed by atoms with Gasteiger partial charge in [-0.3, -0.25) is 0 Å². The Morgan fingerprint density at radius 2 is 1.82 bits per heavy atom. The van der Waals surface area contributed by atoms with Gasteiger partial charge in [0.25, 0.3) is 6.43 Å². The molecule has 0 rings (SSSR count). The first-order valence-corrected chi connectivity index (χ1v) is 3.89. The molecule has 3 heteroatoms. The quantitative estimate of drug-likeness (QED) is 0.673. The third kappa shape index (κ3) is 3.14. The predicted molar refractivity (Wildman–Crippen MR) is 42.9 cm³/mol. The van der Waals surface area contributed by atoms with Gasteiger partial charge < -0.3 is 5.32 Å². The van der Waals surface area contributed by atoms with Crippen LogP contribution in [0.3, 0.4) is 0 Å². The van der Waals surface area contributed by atoms with Crippen LogP contribution in [0.5, 0.6) is 0 Å². The summed E-state index contributed by atoms with van der Waals surface area (Å²) in [5.41, 5.74) is -1.02. The fourth-order valence-corrected chi connectivity index (χ4v) is 1.15. The van der Waals surface area contributed by atoms with E-state index in [9.17, 15) is 8.78 Å². The summed E-state index contributed by atoms with van der Waals surface area (Å²) in [6.07, 6.45) is -1.80. The average molecular weight is 165 g/mol. The fourth-order valence-electron chi connectivity index (χ4n) is 1.15. The zero-order valence-corrected chi connectivity index (χ0v) is 7.62. The van der Waals surface area contributed by atoms with E-state index in [-0.39, 0.29) is 0 Å². The summed E-state index contributed by atoms with van der Waals surface area (Å²) in [6.45, 7) is 5.44. The first kappa shape index (κ1) is 10.8. The lowest BCUT2D eigenvalue weighted by molar-refractivity contribution is 0.0327. The van der Waals surface area contributed by atoms with Gasteiger partial charge in [-0.25, -0.2) is 8.78 Å². The molecule has 0 aliphatic heterocycles. The van der Waals surface area contributed by atoms with Gasteiger partial charge in [0.2, 0.25) is 0 Å². The summed E-state index contributed by atoms with van der Waals surface area (Å²) < 4.78 is 24.8. The van der Waals surface area contributed by atoms with Crippen LogP contribution in [0.4, 0.5) is 8.78 Å². The van der Waals surface area contributed by atoms with Crippen LogP contribution >= 0.6 is 0 Å². The molecule has 0 aromatic heterocycles. The summed E-state index contributed by atoms with van der Waals surface area (Å²) >= 11 is 0. The molecule has 68 valence electrons. The number of nitrogens with one attached hydrogen (secondary N) is 1. The van der Waals surface area contributed by atoms with Crippen molar-refractivity contribution in [3.8, 4) is 0 Å². The highest BCUT2D eigenvalue weighted by atomic mass is 19.3. The van der Waals surface area contributed by atoms with Gasteiger partial charge in [0, 0.05) is 0 Å². The lowest BCUT2D eigenvalue weighted by Gasteiger charge is -2.29. The summed E-state index contributed by atoms with van der Waals surface area (Å²) in [5.74, 6) is 0.293. The van der Waals surface area contributed by atoms with Gasteiger partial charge in [-0.15, -0.1) is 0 Å². The second-order valence-electron chi connectivity index (χ2n) is 3.57. The van der Waals surface area contributed by atoms with E-state index in [1.807, 2.05) is 13.8 Å². The number of rotatable bonds is 4. The van der Waals surface area contributed by atoms with Crippen LogP contribution in [0.2, 0.25) is 0 Å². The van der Waals surface area contributed by atoms with Crippen molar-refractivity contribution in [2.75, 3.05) is 7.05 Å². The number of halogens is 2. The molecule has 0 amide bonds. The maximum absolute atomic E-state index is 12.4. The highest BCUT2D eigenvalue weighted by Crippen LogP contribution is 2.22. The third-order valence-corrected chi connectivity index (χ3v) is 1.89. The van der Waals surface area contributed by atoms with Crippen molar-refractivity contribution in [2.45, 2.75) is 39.2 Å². The molecule has 0 aliphatic rings. The second kappa shape index (κ2) is 4.00. The Kier molecular flexibility index (Phi) is 3.93. The molecule has 0 aromatic rings. The average Bonchev–Trinajstić information content (AvgIpc) is 1.86. The molecule has 0 fully saturated rings. The Hall–Kier alpha value is -0.180. The standard InChI is InChI=1S/C8H17F2N/c1-6(2)5-8(3,11-4)7(9)10/h6-7,11H,5H2,1-4H3. The first-order valence-electron chi connectivity index (χ1n) is 3.89. The van der Waals surface area contributed by atoms with E-state index in [1.54, 1.807) is 14.0 Å². The van der Waals surface area contributed by atoms with Crippen molar-refractivity contribution in [3.63, 3.8) is 0 Å². The molecule has 0 aromatic carbocycles. The molecule has 0 radical (unpaired) electrons. The Labute approximate surface area is 67.2 Å². The van der Waals surface area contributed by atoms with Crippen LogP contribution in [-0.4, -0.2) is 19.0 Å². The van der Waals surface area contributed by atoms with Crippen molar-refractivity contribution >= 4 is 0 Å². The Morgan fingerprint density at radius 1 is 1.36 bits per heavy atom. The normalized spacial score (nSPS) is 17.5. The second-order valence-corrected chi connectivity index (χ2v) is 3.57. The lowest BCUT2D eigenvalue weighted by Crippen LogP contribution is -2.47. The molecule has 1 unspecified atom stereocenters. The van der Waals surface area contributed by atoms with Gasteiger partial charge in [-0.2, -0.15) is 0 Å². The van der Waals surface area contributed by atoms with E-state index in [4.69, 9.17) is 0 Å². The van der Waals surface area contributed by atoms with E-state index in [0.717, 1.165) is 0 Å². The highest BCUT2D eigenvalue weighted by molar-refractivity contribution is 4.85. The maximum Gasteiger partial charge on any atom is 0.256 e. The molecule has 1 nitrogen and oxygen atoms in total. The molecule has 1 atom stereocenters. The number of hydrogen-bond donors (Lipinski definition) is 1. The van der Waals surface area contributed by atoms with E-state index < -0.39 is 12.0 Å². The van der Waals surface area contributed by atoms with Gasteiger partial charge in [0.1, 0.15) is 0 Å². The zero-order valence-electron chi connectivity index (χ0n) is 7.62. The molecular formula is C8H17F2N. The molecule has 11 heavy (non-hydrogen) atoms. The monoisotopic (exact) mass is 165 g/mol. The summed E-state index contributed by atoms with van der Waals surface area (Å²) in [4.78, 5) is 0. The van der Waals surface area contributed by atoms with Gasteiger partial charge in [0.15, 0.2) is 0 Å². The minimum atomic E-state index is -2.30. The van der Waals surface area contributed by atoms with Crippen LogP contribution in [-0.2, 0) is 0 Å². The van der Waals surface area contributed by atoms with Gasteiger partial charge in [-0.1, -0.05) is 13.8 Å². The van der Waals surface area contributed by atoms with Crippen LogP contribution in [0.25, 0.3) is 0 Å². The Balaban J connectivity index is 4.10. The fraction of sp³-hybridized carbons (Fsp3) is 1.00. The number of alkyl halides is 2. The molecule has 0 saturated carbocycles. The van der Waals surface area contributed by atoms with Gasteiger partial charge in [0.05, 0.1) is 5.54 Å². The van der Waals surface area contributed by atoms with E-state index in [2.05, 4.69) is 5.32 Å². The Bertz CT molecular complexity index is 115. The molecule has 0 bridgehead atoms. The van der Waals surface area contributed by atoms with Crippen LogP contribution in [0, 0.1) is 5.92 Å². The van der Waals surface area contributed by atoms with Gasteiger partial charge in [-0.05, 0) is 26.3 Å². The minimum absolute atomic E-state index is 0.293. The van der Waals surface area contributed by atoms with E-state index in [0.29, 0.717) is 12.3 Å². The molecule has 0 aliphatic carbocycles. The minimum Gasteiger partial charge on any atom is -0.310 e. The summed E-state index contributed by atoms with van der Waals surface area (Å²) in [7, 11) is 1.58. The lowest BCUT2D eigenvalue weighted by atomic mass is 9.91. The van der Waals surface area contributed by atoms with E-state index >= 15 is 0 Å². The predicted octanol–water partition coefficient (Wildman–Crippen LogP) is 2.28. The van der Waals surface area contributed by atoms with Crippen LogP contribution < -0.4 is 5.32 Å². The van der Waals surface area contributed by atoms with Gasteiger partial charge >= 0.3 is 0 Å². The molecule has 0 spiro atoms.